The molecule has 1 N–H and O–H groups in total. The number of hydrogen-bond acceptors (Lipinski definition) is 3. The molecule has 0 unspecified atom stereocenters. The number of amides is 1. The fraction of sp³-hybridized carbons (Fsp3) is 0.417. The predicted octanol–water partition coefficient (Wildman–Crippen LogP) is 5.17. The molecule has 0 bridgehead atoms. The molecule has 1 aliphatic carbocycles. The first-order valence-corrected chi connectivity index (χ1v) is 10.7. The van der Waals surface area contributed by atoms with E-state index in [-0.39, 0.29) is 5.91 Å². The van der Waals surface area contributed by atoms with Gasteiger partial charge < -0.3 is 19.2 Å². The van der Waals surface area contributed by atoms with Crippen molar-refractivity contribution in [1.82, 2.24) is 14.1 Å². The summed E-state index contributed by atoms with van der Waals surface area (Å²) in [6.45, 7) is 4.57. The molecule has 0 saturated heterocycles. The Bertz CT molecular complexity index is 1010. The highest BCUT2D eigenvalue weighted by atomic mass is 16.5. The number of anilines is 1. The summed E-state index contributed by atoms with van der Waals surface area (Å²) in [5.41, 5.74) is 3.74. The molecule has 0 spiro atoms. The summed E-state index contributed by atoms with van der Waals surface area (Å²) < 4.78 is 10.1. The molecule has 2 aromatic heterocycles. The van der Waals surface area contributed by atoms with Crippen LogP contribution in [0.4, 0.5) is 5.69 Å². The molecule has 0 atom stereocenters. The molecule has 6 heteroatoms. The summed E-state index contributed by atoms with van der Waals surface area (Å²) in [7, 11) is 1.94. The maximum absolute atomic E-state index is 12.9. The number of imidazole rings is 1. The summed E-state index contributed by atoms with van der Waals surface area (Å²) in [5.74, 6) is 1.54. The third-order valence-electron chi connectivity index (χ3n) is 6.07. The van der Waals surface area contributed by atoms with Gasteiger partial charge in [0.1, 0.15) is 18.2 Å². The van der Waals surface area contributed by atoms with Gasteiger partial charge in [-0.25, -0.2) is 4.98 Å². The van der Waals surface area contributed by atoms with Crippen LogP contribution in [0, 0.1) is 13.8 Å². The lowest BCUT2D eigenvalue weighted by atomic mass is 9.95. The predicted molar refractivity (Wildman–Crippen MR) is 118 cm³/mol. The third kappa shape index (κ3) is 4.27. The molecule has 1 fully saturated rings. The van der Waals surface area contributed by atoms with Crippen molar-refractivity contribution in [1.29, 1.82) is 0 Å². The van der Waals surface area contributed by atoms with Crippen LogP contribution in [0.5, 0.6) is 5.75 Å². The number of aryl methyl sites for hydroxylation is 2. The molecule has 1 amide bonds. The van der Waals surface area contributed by atoms with Gasteiger partial charge in [-0.1, -0.05) is 19.3 Å². The fourth-order valence-electron chi connectivity index (χ4n) is 4.42. The van der Waals surface area contributed by atoms with Crippen LogP contribution in [-0.4, -0.2) is 20.0 Å². The van der Waals surface area contributed by atoms with Crippen molar-refractivity contribution in [3.63, 3.8) is 0 Å². The maximum atomic E-state index is 12.9. The Morgan fingerprint density at radius 2 is 1.90 bits per heavy atom. The third-order valence-corrected chi connectivity index (χ3v) is 6.07. The molecule has 1 aliphatic rings. The zero-order valence-electron chi connectivity index (χ0n) is 18.0. The Kier molecular flexibility index (Phi) is 5.93. The van der Waals surface area contributed by atoms with Crippen LogP contribution >= 0.6 is 0 Å². The minimum absolute atomic E-state index is 0.0631. The van der Waals surface area contributed by atoms with Gasteiger partial charge in [0.25, 0.3) is 5.91 Å². The van der Waals surface area contributed by atoms with Gasteiger partial charge in [-0.2, -0.15) is 0 Å². The van der Waals surface area contributed by atoms with E-state index in [1.807, 2.05) is 48.1 Å². The van der Waals surface area contributed by atoms with Crippen LogP contribution in [0.25, 0.3) is 0 Å². The van der Waals surface area contributed by atoms with E-state index in [1.165, 1.54) is 37.8 Å². The van der Waals surface area contributed by atoms with Crippen molar-refractivity contribution >= 4 is 11.6 Å². The number of carbonyl (C=O) groups is 1. The van der Waals surface area contributed by atoms with E-state index in [1.54, 1.807) is 6.20 Å². The first-order valence-electron chi connectivity index (χ1n) is 10.7. The lowest BCUT2D eigenvalue weighted by Crippen LogP contribution is -2.17. The van der Waals surface area contributed by atoms with Crippen molar-refractivity contribution < 1.29 is 9.53 Å². The molecule has 30 heavy (non-hydrogen) atoms. The summed E-state index contributed by atoms with van der Waals surface area (Å²) in [5, 5.41) is 3.02. The Morgan fingerprint density at radius 3 is 2.57 bits per heavy atom. The second kappa shape index (κ2) is 8.78. The molecule has 2 heterocycles. The number of hydrogen-bond donors (Lipinski definition) is 1. The standard InChI is InChI=1S/C24H30N4O2/c1-17-15-22(18(2)28(17)20-7-5-4-6-8-20)24(29)26-19-9-11-21(12-10-19)30-16-23-25-13-14-27(23)3/h9-15,20H,4-8,16H2,1-3H3,(H,26,29). The molecule has 158 valence electrons. The highest BCUT2D eigenvalue weighted by molar-refractivity contribution is 6.05. The smallest absolute Gasteiger partial charge is 0.257 e. The Hall–Kier alpha value is -3.02. The Morgan fingerprint density at radius 1 is 1.17 bits per heavy atom. The number of benzene rings is 1. The van der Waals surface area contributed by atoms with Crippen LogP contribution in [0.2, 0.25) is 0 Å². The van der Waals surface area contributed by atoms with Gasteiger partial charge in [0.2, 0.25) is 0 Å². The van der Waals surface area contributed by atoms with Crippen molar-refractivity contribution in [2.75, 3.05) is 5.32 Å². The van der Waals surface area contributed by atoms with E-state index < -0.39 is 0 Å². The molecular formula is C24H30N4O2. The molecule has 0 aliphatic heterocycles. The molecule has 0 radical (unpaired) electrons. The molecular weight excluding hydrogens is 376 g/mol. The van der Waals surface area contributed by atoms with Crippen molar-refractivity contribution in [2.24, 2.45) is 7.05 Å². The van der Waals surface area contributed by atoms with E-state index in [4.69, 9.17) is 4.74 Å². The molecule has 4 rings (SSSR count). The van der Waals surface area contributed by atoms with Crippen molar-refractivity contribution in [3.05, 3.63) is 65.5 Å². The van der Waals surface area contributed by atoms with Gasteiger partial charge in [-0.15, -0.1) is 0 Å². The van der Waals surface area contributed by atoms with Gasteiger partial charge in [0.15, 0.2) is 0 Å². The second-order valence-corrected chi connectivity index (χ2v) is 8.17. The number of carbonyl (C=O) groups excluding carboxylic acids is 1. The normalized spacial score (nSPS) is 14.6. The monoisotopic (exact) mass is 406 g/mol. The minimum atomic E-state index is -0.0631. The van der Waals surface area contributed by atoms with Gasteiger partial charge in [-0.05, 0) is 57.0 Å². The largest absolute Gasteiger partial charge is 0.486 e. The number of nitrogens with one attached hydrogen (secondary N) is 1. The first kappa shape index (κ1) is 20.3. The van der Waals surface area contributed by atoms with Gasteiger partial charge in [0.05, 0.1) is 5.56 Å². The van der Waals surface area contributed by atoms with Gasteiger partial charge >= 0.3 is 0 Å². The van der Waals surface area contributed by atoms with E-state index in [0.717, 1.165) is 28.5 Å². The lowest BCUT2D eigenvalue weighted by molar-refractivity contribution is 0.102. The number of nitrogens with zero attached hydrogens (tertiary/aromatic N) is 3. The molecule has 6 nitrogen and oxygen atoms in total. The van der Waals surface area contributed by atoms with Crippen LogP contribution in [0.1, 0.15) is 65.7 Å². The van der Waals surface area contributed by atoms with Crippen LogP contribution in [0.3, 0.4) is 0 Å². The summed E-state index contributed by atoms with van der Waals surface area (Å²) in [4.78, 5) is 17.2. The van der Waals surface area contributed by atoms with Crippen molar-refractivity contribution in [2.45, 2.75) is 58.6 Å². The average molecular weight is 407 g/mol. The fourth-order valence-corrected chi connectivity index (χ4v) is 4.42. The van der Waals surface area contributed by atoms with E-state index in [9.17, 15) is 4.79 Å². The SMILES string of the molecule is Cc1cc(C(=O)Nc2ccc(OCc3nccn3C)cc2)c(C)n1C1CCCCC1. The van der Waals surface area contributed by atoms with Crippen LogP contribution in [0.15, 0.2) is 42.7 Å². The van der Waals surface area contributed by atoms with Gasteiger partial charge in [0, 0.05) is 42.6 Å². The Balaban J connectivity index is 1.40. The van der Waals surface area contributed by atoms with Crippen LogP contribution < -0.4 is 10.1 Å². The first-order chi connectivity index (χ1) is 14.5. The molecule has 1 saturated carbocycles. The number of rotatable bonds is 6. The summed E-state index contributed by atoms with van der Waals surface area (Å²) >= 11 is 0. The van der Waals surface area contributed by atoms with E-state index in [2.05, 4.69) is 28.7 Å². The lowest BCUT2D eigenvalue weighted by Gasteiger charge is -2.26. The zero-order chi connectivity index (χ0) is 21.1. The van der Waals surface area contributed by atoms with Crippen LogP contribution in [-0.2, 0) is 13.7 Å². The highest BCUT2D eigenvalue weighted by Gasteiger charge is 2.22. The summed E-state index contributed by atoms with van der Waals surface area (Å²) in [6, 6.07) is 10.0. The Labute approximate surface area is 177 Å². The highest BCUT2D eigenvalue weighted by Crippen LogP contribution is 2.32. The van der Waals surface area contributed by atoms with Gasteiger partial charge in [-0.3, -0.25) is 4.79 Å². The quantitative estimate of drug-likeness (QED) is 0.614. The van der Waals surface area contributed by atoms with E-state index in [0.29, 0.717) is 12.6 Å². The maximum Gasteiger partial charge on any atom is 0.257 e. The number of ether oxygens (including phenoxy) is 1. The summed E-state index contributed by atoms with van der Waals surface area (Å²) in [6.07, 6.45) is 9.93. The average Bonchev–Trinajstić information content (AvgIpc) is 3.30. The number of aromatic nitrogens is 3. The van der Waals surface area contributed by atoms with Crippen molar-refractivity contribution in [3.8, 4) is 5.75 Å². The topological polar surface area (TPSA) is 61.1 Å². The molecule has 1 aromatic carbocycles. The molecule has 3 aromatic rings. The second-order valence-electron chi connectivity index (χ2n) is 8.17. The van der Waals surface area contributed by atoms with E-state index >= 15 is 0 Å². The zero-order valence-corrected chi connectivity index (χ0v) is 18.0. The minimum Gasteiger partial charge on any atom is -0.486 e.